The lowest BCUT2D eigenvalue weighted by molar-refractivity contribution is -0.384. The van der Waals surface area contributed by atoms with Crippen LogP contribution in [0.1, 0.15) is 24.1 Å². The maximum absolute atomic E-state index is 10.8. The van der Waals surface area contributed by atoms with Crippen molar-refractivity contribution in [1.82, 2.24) is 9.78 Å². The molecule has 0 spiro atoms. The molecule has 1 aromatic heterocycles. The van der Waals surface area contributed by atoms with E-state index >= 15 is 0 Å². The molecule has 1 heterocycles. The summed E-state index contributed by atoms with van der Waals surface area (Å²) in [4.78, 5) is 10.4. The third-order valence-electron chi connectivity index (χ3n) is 3.50. The second kappa shape index (κ2) is 4.38. The topological polar surface area (TPSA) is 87.0 Å². The van der Waals surface area contributed by atoms with Crippen molar-refractivity contribution < 1.29 is 4.92 Å². The summed E-state index contributed by atoms with van der Waals surface area (Å²) < 4.78 is 1.75. The Kier molecular flexibility index (Phi) is 2.70. The lowest BCUT2D eigenvalue weighted by Gasteiger charge is -2.13. The number of nitrogens with two attached hydrogens (primary N) is 1. The molecule has 6 nitrogen and oxygen atoms in total. The van der Waals surface area contributed by atoms with Gasteiger partial charge in [-0.15, -0.1) is 0 Å². The van der Waals surface area contributed by atoms with Gasteiger partial charge in [0.25, 0.3) is 5.69 Å². The van der Waals surface area contributed by atoms with E-state index in [1.807, 2.05) is 6.07 Å². The summed E-state index contributed by atoms with van der Waals surface area (Å²) >= 11 is 0. The Balaban J connectivity index is 2.12. The van der Waals surface area contributed by atoms with Gasteiger partial charge in [0.05, 0.1) is 10.6 Å². The number of fused-ring (bicyclic) bond motifs is 1. The van der Waals surface area contributed by atoms with Gasteiger partial charge in [-0.05, 0) is 31.7 Å². The Labute approximate surface area is 110 Å². The average molecular weight is 258 g/mol. The van der Waals surface area contributed by atoms with E-state index in [1.54, 1.807) is 10.7 Å². The van der Waals surface area contributed by atoms with Gasteiger partial charge < -0.3 is 5.73 Å². The van der Waals surface area contributed by atoms with Crippen molar-refractivity contribution in [1.29, 1.82) is 0 Å². The molecule has 1 aromatic carbocycles. The van der Waals surface area contributed by atoms with Gasteiger partial charge >= 0.3 is 0 Å². The molecule has 0 aliphatic heterocycles. The molecule has 1 aliphatic rings. The Bertz CT molecular complexity index is 648. The molecule has 0 amide bonds. The predicted molar refractivity (Wildman–Crippen MR) is 71.3 cm³/mol. The van der Waals surface area contributed by atoms with Crippen LogP contribution in [-0.4, -0.2) is 14.7 Å². The van der Waals surface area contributed by atoms with Crippen LogP contribution in [0, 0.1) is 10.1 Å². The highest BCUT2D eigenvalue weighted by Gasteiger charge is 2.20. The zero-order valence-corrected chi connectivity index (χ0v) is 10.4. The highest BCUT2D eigenvalue weighted by Crippen LogP contribution is 2.28. The summed E-state index contributed by atoms with van der Waals surface area (Å²) in [7, 11) is 0. The van der Waals surface area contributed by atoms with Gasteiger partial charge in [-0.1, -0.05) is 6.07 Å². The van der Waals surface area contributed by atoms with E-state index in [0.29, 0.717) is 11.5 Å². The summed E-state index contributed by atoms with van der Waals surface area (Å²) in [5.41, 5.74) is 8.88. The second-order valence-electron chi connectivity index (χ2n) is 4.71. The van der Waals surface area contributed by atoms with Crippen molar-refractivity contribution in [3.63, 3.8) is 0 Å². The minimum atomic E-state index is -0.400. The Morgan fingerprint density at radius 3 is 2.89 bits per heavy atom. The van der Waals surface area contributed by atoms with E-state index in [4.69, 9.17) is 5.73 Å². The minimum Gasteiger partial charge on any atom is -0.382 e. The number of benzene rings is 1. The Morgan fingerprint density at radius 2 is 2.11 bits per heavy atom. The number of rotatable bonds is 2. The molecule has 0 radical (unpaired) electrons. The number of non-ortho nitro benzene ring substituents is 1. The molecular weight excluding hydrogens is 244 g/mol. The van der Waals surface area contributed by atoms with Crippen LogP contribution in [0.15, 0.2) is 24.3 Å². The number of nitrogen functional groups attached to an aromatic ring is 1. The van der Waals surface area contributed by atoms with Crippen LogP contribution in [0.3, 0.4) is 0 Å². The van der Waals surface area contributed by atoms with E-state index in [1.165, 1.54) is 12.1 Å². The van der Waals surface area contributed by atoms with Gasteiger partial charge in [0.15, 0.2) is 0 Å². The molecule has 0 fully saturated rings. The van der Waals surface area contributed by atoms with Crippen molar-refractivity contribution >= 4 is 11.5 Å². The van der Waals surface area contributed by atoms with Crippen LogP contribution in [-0.2, 0) is 12.8 Å². The molecular formula is C13H14N4O2. The van der Waals surface area contributed by atoms with Crippen molar-refractivity contribution in [2.45, 2.75) is 25.7 Å². The lowest BCUT2D eigenvalue weighted by Crippen LogP contribution is -2.08. The molecule has 3 rings (SSSR count). The molecule has 0 atom stereocenters. The minimum absolute atomic E-state index is 0.0659. The number of anilines is 1. The van der Waals surface area contributed by atoms with Crippen molar-refractivity contribution in [2.24, 2.45) is 0 Å². The van der Waals surface area contributed by atoms with Crippen LogP contribution in [0.5, 0.6) is 0 Å². The molecule has 0 bridgehead atoms. The molecule has 0 unspecified atom stereocenters. The van der Waals surface area contributed by atoms with Crippen molar-refractivity contribution in [3.05, 3.63) is 45.6 Å². The molecule has 0 saturated heterocycles. The fourth-order valence-corrected chi connectivity index (χ4v) is 2.58. The van der Waals surface area contributed by atoms with Crippen molar-refractivity contribution in [2.75, 3.05) is 5.73 Å². The quantitative estimate of drug-likeness (QED) is 0.661. The zero-order valence-electron chi connectivity index (χ0n) is 10.4. The SMILES string of the molecule is Nc1nn(-c2cccc([N+](=O)[O-])c2)c2c1CCCC2. The van der Waals surface area contributed by atoms with Crippen molar-refractivity contribution in [3.8, 4) is 5.69 Å². The summed E-state index contributed by atoms with van der Waals surface area (Å²) in [6, 6.07) is 6.49. The van der Waals surface area contributed by atoms with Crippen LogP contribution in [0.2, 0.25) is 0 Å². The number of aromatic nitrogens is 2. The zero-order chi connectivity index (χ0) is 13.4. The van der Waals surface area contributed by atoms with Gasteiger partial charge in [-0.2, -0.15) is 5.10 Å². The third kappa shape index (κ3) is 1.95. The molecule has 98 valence electrons. The van der Waals surface area contributed by atoms with Crippen LogP contribution in [0.4, 0.5) is 11.5 Å². The van der Waals surface area contributed by atoms with E-state index in [2.05, 4.69) is 5.10 Å². The van der Waals surface area contributed by atoms with Gasteiger partial charge in [-0.3, -0.25) is 10.1 Å². The average Bonchev–Trinajstić information content (AvgIpc) is 2.77. The van der Waals surface area contributed by atoms with E-state index in [0.717, 1.165) is 36.9 Å². The summed E-state index contributed by atoms with van der Waals surface area (Å²) in [5, 5.41) is 15.2. The second-order valence-corrected chi connectivity index (χ2v) is 4.71. The van der Waals surface area contributed by atoms with Crippen LogP contribution in [0.25, 0.3) is 5.69 Å². The Hall–Kier alpha value is -2.37. The maximum atomic E-state index is 10.8. The first kappa shape index (κ1) is 11.7. The molecule has 2 N–H and O–H groups in total. The normalized spacial score (nSPS) is 14.1. The van der Waals surface area contributed by atoms with E-state index < -0.39 is 4.92 Å². The summed E-state index contributed by atoms with van der Waals surface area (Å²) in [5.74, 6) is 0.543. The lowest BCUT2D eigenvalue weighted by atomic mass is 9.97. The number of hydrogen-bond donors (Lipinski definition) is 1. The molecule has 6 heteroatoms. The predicted octanol–water partition coefficient (Wildman–Crippen LogP) is 2.24. The number of nitro benzene ring substituents is 1. The third-order valence-corrected chi connectivity index (χ3v) is 3.50. The van der Waals surface area contributed by atoms with Crippen LogP contribution < -0.4 is 5.73 Å². The monoisotopic (exact) mass is 258 g/mol. The molecule has 0 saturated carbocycles. The highest BCUT2D eigenvalue weighted by molar-refractivity contribution is 5.50. The van der Waals surface area contributed by atoms with E-state index in [-0.39, 0.29) is 5.69 Å². The molecule has 2 aromatic rings. The fourth-order valence-electron chi connectivity index (χ4n) is 2.58. The number of nitro groups is 1. The smallest absolute Gasteiger partial charge is 0.271 e. The first-order valence-electron chi connectivity index (χ1n) is 6.28. The van der Waals surface area contributed by atoms with Gasteiger partial charge in [0.1, 0.15) is 5.82 Å². The largest absolute Gasteiger partial charge is 0.382 e. The van der Waals surface area contributed by atoms with Crippen LogP contribution >= 0.6 is 0 Å². The summed E-state index contributed by atoms with van der Waals surface area (Å²) in [6.45, 7) is 0. The highest BCUT2D eigenvalue weighted by atomic mass is 16.6. The molecule has 19 heavy (non-hydrogen) atoms. The van der Waals surface area contributed by atoms with Gasteiger partial charge in [0.2, 0.25) is 0 Å². The van der Waals surface area contributed by atoms with Gasteiger partial charge in [-0.25, -0.2) is 4.68 Å². The van der Waals surface area contributed by atoms with E-state index in [9.17, 15) is 10.1 Å². The fraction of sp³-hybridized carbons (Fsp3) is 0.308. The number of nitrogens with zero attached hydrogens (tertiary/aromatic N) is 3. The molecule has 1 aliphatic carbocycles. The summed E-state index contributed by atoms with van der Waals surface area (Å²) in [6.07, 6.45) is 4.09. The standard InChI is InChI=1S/C13H14N4O2/c14-13-11-6-1-2-7-12(11)16(15-13)9-4-3-5-10(8-9)17(18)19/h3-5,8H,1-2,6-7H2,(H2,14,15). The maximum Gasteiger partial charge on any atom is 0.271 e. The number of hydrogen-bond acceptors (Lipinski definition) is 4. The van der Waals surface area contributed by atoms with Gasteiger partial charge in [0, 0.05) is 23.4 Å². The Morgan fingerprint density at radius 1 is 1.32 bits per heavy atom. The first-order chi connectivity index (χ1) is 9.16. The first-order valence-corrected chi connectivity index (χ1v) is 6.28.